The van der Waals surface area contributed by atoms with Crippen LogP contribution in [0.25, 0.3) is 0 Å². The van der Waals surface area contributed by atoms with E-state index in [0.717, 1.165) is 21.9 Å². The molecule has 27 heavy (non-hydrogen) atoms. The van der Waals surface area contributed by atoms with Crippen LogP contribution in [0.1, 0.15) is 33.8 Å². The lowest BCUT2D eigenvalue weighted by Gasteiger charge is -2.15. The van der Waals surface area contributed by atoms with Crippen LogP contribution in [0.2, 0.25) is 0 Å². The predicted octanol–water partition coefficient (Wildman–Crippen LogP) is 3.11. The van der Waals surface area contributed by atoms with Crippen molar-refractivity contribution >= 4 is 23.6 Å². The number of amides is 1. The molecule has 2 aromatic rings. The van der Waals surface area contributed by atoms with Crippen LogP contribution in [0.4, 0.5) is 0 Å². The molecule has 1 aromatic carbocycles. The van der Waals surface area contributed by atoms with Crippen LogP contribution in [-0.2, 0) is 15.3 Å². The third-order valence-corrected chi connectivity index (χ3v) is 5.07. The van der Waals surface area contributed by atoms with Crippen molar-refractivity contribution in [2.24, 2.45) is 0 Å². The Hall–Kier alpha value is -2.79. The van der Waals surface area contributed by atoms with E-state index in [0.29, 0.717) is 17.9 Å². The fraction of sp³-hybridized carbons (Fsp3) is 0.368. The zero-order chi connectivity index (χ0) is 19.8. The number of carbonyl (C=O) groups is 2. The number of likely N-dealkylation sites (N-methyl/N-ethyl adjacent to an activating group) is 1. The molecule has 1 heterocycles. The Bertz CT molecular complexity index is 837. The van der Waals surface area contributed by atoms with Crippen LogP contribution in [0.3, 0.4) is 0 Å². The number of esters is 1. The lowest BCUT2D eigenvalue weighted by Crippen LogP contribution is -2.32. The molecule has 0 atom stereocenters. The number of ether oxygens (including phenoxy) is 1. The molecule has 2 rings (SSSR count). The quantitative estimate of drug-likeness (QED) is 0.507. The molecular formula is C19H21N3O4S. The third kappa shape index (κ3) is 5.59. The molecule has 142 valence electrons. The van der Waals surface area contributed by atoms with Crippen molar-refractivity contribution in [3.05, 3.63) is 46.8 Å². The second kappa shape index (κ2) is 9.78. The number of benzene rings is 1. The van der Waals surface area contributed by atoms with E-state index in [4.69, 9.17) is 14.5 Å². The minimum Gasteiger partial charge on any atom is -0.452 e. The Morgan fingerprint density at radius 1 is 1.33 bits per heavy atom. The number of nitrogens with zero attached hydrogens (tertiary/aromatic N) is 3. The second-order valence-corrected chi connectivity index (χ2v) is 6.90. The van der Waals surface area contributed by atoms with Gasteiger partial charge in [-0.3, -0.25) is 4.79 Å². The van der Waals surface area contributed by atoms with Crippen molar-refractivity contribution in [1.29, 1.82) is 5.26 Å². The molecule has 0 aliphatic carbocycles. The number of aryl methyl sites for hydroxylation is 2. The minimum atomic E-state index is -0.557. The summed E-state index contributed by atoms with van der Waals surface area (Å²) in [7, 11) is 1.57. The van der Waals surface area contributed by atoms with Gasteiger partial charge in [-0.05, 0) is 26.0 Å². The average Bonchev–Trinajstić information content (AvgIpc) is 3.00. The summed E-state index contributed by atoms with van der Waals surface area (Å²) >= 11 is 1.48. The first-order valence-corrected chi connectivity index (χ1v) is 9.34. The summed E-state index contributed by atoms with van der Waals surface area (Å²) in [4.78, 5) is 26.5. The molecule has 0 unspecified atom stereocenters. The van der Waals surface area contributed by atoms with E-state index in [1.165, 1.54) is 16.7 Å². The molecule has 0 aliphatic heterocycles. The second-order valence-electron chi connectivity index (χ2n) is 5.89. The SMILES string of the molecule is Cc1noc(C)c1CSc1ccccc1C(=O)OCC(=O)N(C)CCC#N. The maximum absolute atomic E-state index is 12.4. The highest BCUT2D eigenvalue weighted by Gasteiger charge is 2.17. The number of aromatic nitrogens is 1. The summed E-state index contributed by atoms with van der Waals surface area (Å²) in [5.74, 6) is 0.464. The Morgan fingerprint density at radius 3 is 2.74 bits per heavy atom. The van der Waals surface area contributed by atoms with Gasteiger partial charge in [-0.1, -0.05) is 17.3 Å². The molecule has 8 heteroatoms. The van der Waals surface area contributed by atoms with Gasteiger partial charge in [0.2, 0.25) is 0 Å². The van der Waals surface area contributed by atoms with Gasteiger partial charge >= 0.3 is 5.97 Å². The van der Waals surface area contributed by atoms with Crippen molar-refractivity contribution in [3.8, 4) is 6.07 Å². The van der Waals surface area contributed by atoms with Crippen LogP contribution < -0.4 is 0 Å². The summed E-state index contributed by atoms with van der Waals surface area (Å²) in [5, 5.41) is 12.5. The molecule has 0 radical (unpaired) electrons. The average molecular weight is 387 g/mol. The summed E-state index contributed by atoms with van der Waals surface area (Å²) in [6.07, 6.45) is 0.233. The summed E-state index contributed by atoms with van der Waals surface area (Å²) < 4.78 is 10.3. The summed E-state index contributed by atoms with van der Waals surface area (Å²) in [6.45, 7) is 3.67. The molecule has 1 aromatic heterocycles. The van der Waals surface area contributed by atoms with Gasteiger partial charge in [0, 0.05) is 29.8 Å². The van der Waals surface area contributed by atoms with E-state index < -0.39 is 5.97 Å². The summed E-state index contributed by atoms with van der Waals surface area (Å²) in [6, 6.07) is 9.06. The minimum absolute atomic E-state index is 0.233. The van der Waals surface area contributed by atoms with E-state index in [-0.39, 0.29) is 18.9 Å². The van der Waals surface area contributed by atoms with Crippen molar-refractivity contribution in [1.82, 2.24) is 10.1 Å². The Morgan fingerprint density at radius 2 is 2.07 bits per heavy atom. The zero-order valence-electron chi connectivity index (χ0n) is 15.5. The molecule has 0 fully saturated rings. The smallest absolute Gasteiger partial charge is 0.339 e. The summed E-state index contributed by atoms with van der Waals surface area (Å²) in [5.41, 5.74) is 2.23. The van der Waals surface area contributed by atoms with Gasteiger partial charge in [0.15, 0.2) is 6.61 Å². The highest BCUT2D eigenvalue weighted by atomic mass is 32.2. The molecule has 0 aliphatic rings. The Kier molecular flexibility index (Phi) is 7.44. The zero-order valence-corrected chi connectivity index (χ0v) is 16.3. The highest BCUT2D eigenvalue weighted by molar-refractivity contribution is 7.98. The number of hydrogen-bond donors (Lipinski definition) is 0. The Labute approximate surface area is 162 Å². The largest absolute Gasteiger partial charge is 0.452 e. The van der Waals surface area contributed by atoms with E-state index in [9.17, 15) is 9.59 Å². The van der Waals surface area contributed by atoms with Crippen LogP contribution >= 0.6 is 11.8 Å². The topological polar surface area (TPSA) is 96.4 Å². The van der Waals surface area contributed by atoms with E-state index in [2.05, 4.69) is 5.16 Å². The van der Waals surface area contributed by atoms with Gasteiger partial charge in [0.05, 0.1) is 23.7 Å². The number of rotatable bonds is 8. The molecule has 0 saturated heterocycles. The predicted molar refractivity (Wildman–Crippen MR) is 100 cm³/mol. The molecule has 1 amide bonds. The standard InChI is InChI=1S/C19H21N3O4S/c1-13-16(14(2)26-21-13)12-27-17-8-5-4-7-15(17)19(24)25-11-18(23)22(3)10-6-9-20/h4-5,7-8H,6,10-12H2,1-3H3. The highest BCUT2D eigenvalue weighted by Crippen LogP contribution is 2.29. The van der Waals surface area contributed by atoms with Gasteiger partial charge in [-0.25, -0.2) is 4.79 Å². The monoisotopic (exact) mass is 387 g/mol. The third-order valence-electron chi connectivity index (χ3n) is 3.97. The van der Waals surface area contributed by atoms with Crippen molar-refractivity contribution < 1.29 is 18.8 Å². The van der Waals surface area contributed by atoms with E-state index in [1.54, 1.807) is 19.2 Å². The first kappa shape index (κ1) is 20.5. The van der Waals surface area contributed by atoms with Crippen LogP contribution in [0.5, 0.6) is 0 Å². The van der Waals surface area contributed by atoms with Crippen molar-refractivity contribution in [3.63, 3.8) is 0 Å². The van der Waals surface area contributed by atoms with Crippen LogP contribution in [0.15, 0.2) is 33.7 Å². The van der Waals surface area contributed by atoms with Gasteiger partial charge in [0.1, 0.15) is 5.76 Å². The fourth-order valence-corrected chi connectivity index (χ4v) is 3.47. The van der Waals surface area contributed by atoms with Gasteiger partial charge in [0.25, 0.3) is 5.91 Å². The molecule has 7 nitrogen and oxygen atoms in total. The molecule has 0 N–H and O–H groups in total. The van der Waals surface area contributed by atoms with Crippen LogP contribution in [0, 0.1) is 25.2 Å². The fourth-order valence-electron chi connectivity index (χ4n) is 2.28. The number of thioether (sulfide) groups is 1. The van der Waals surface area contributed by atoms with Crippen molar-refractivity contribution in [2.75, 3.05) is 20.2 Å². The van der Waals surface area contributed by atoms with E-state index >= 15 is 0 Å². The molecule has 0 bridgehead atoms. The van der Waals surface area contributed by atoms with Crippen LogP contribution in [-0.4, -0.2) is 42.1 Å². The molecule has 0 saturated carbocycles. The maximum atomic E-state index is 12.4. The first-order valence-electron chi connectivity index (χ1n) is 8.35. The van der Waals surface area contributed by atoms with Gasteiger partial charge in [-0.2, -0.15) is 5.26 Å². The number of nitriles is 1. The lowest BCUT2D eigenvalue weighted by molar-refractivity contribution is -0.133. The lowest BCUT2D eigenvalue weighted by atomic mass is 10.2. The van der Waals surface area contributed by atoms with E-state index in [1.807, 2.05) is 32.0 Å². The molecule has 0 spiro atoms. The maximum Gasteiger partial charge on any atom is 0.339 e. The Balaban J connectivity index is 1.99. The van der Waals surface area contributed by atoms with Gasteiger partial charge in [-0.15, -0.1) is 11.8 Å². The normalized spacial score (nSPS) is 10.3. The number of carbonyl (C=O) groups excluding carboxylic acids is 2. The molecular weight excluding hydrogens is 366 g/mol. The van der Waals surface area contributed by atoms with Crippen molar-refractivity contribution in [2.45, 2.75) is 30.9 Å². The number of hydrogen-bond acceptors (Lipinski definition) is 7. The first-order chi connectivity index (χ1) is 12.9. The van der Waals surface area contributed by atoms with Gasteiger partial charge < -0.3 is 14.2 Å².